The quantitative estimate of drug-likeness (QED) is 0.138. The summed E-state index contributed by atoms with van der Waals surface area (Å²) in [6.07, 6.45) is 0. The number of benzene rings is 9. The lowest BCUT2D eigenvalue weighted by atomic mass is 9.31. The number of hydrogen-bond acceptors (Lipinski definition) is 3. The van der Waals surface area contributed by atoms with E-state index in [4.69, 9.17) is 0 Å². The molecule has 0 unspecified atom stereocenters. The van der Waals surface area contributed by atoms with Crippen LogP contribution in [0.15, 0.2) is 182 Å². The average molecular weight is 660 g/mol. The molecule has 4 heteroatoms. The Bertz CT molecular complexity index is 2910. The van der Waals surface area contributed by atoms with Crippen molar-refractivity contribution < 1.29 is 0 Å². The maximum absolute atomic E-state index is 2.57. The van der Waals surface area contributed by atoms with E-state index in [1.807, 2.05) is 0 Å². The lowest BCUT2D eigenvalue weighted by Crippen LogP contribution is -2.64. The lowest BCUT2D eigenvalue weighted by Gasteiger charge is -2.49. The molecule has 0 atom stereocenters. The summed E-state index contributed by atoms with van der Waals surface area (Å²) in [7, 11) is 0. The summed E-state index contributed by atoms with van der Waals surface area (Å²) in [6, 6.07) is 67.1. The second-order valence-electron chi connectivity index (χ2n) is 14.0. The van der Waals surface area contributed by atoms with E-state index in [1.165, 1.54) is 82.8 Å². The van der Waals surface area contributed by atoms with Gasteiger partial charge in [0, 0.05) is 50.9 Å². The van der Waals surface area contributed by atoms with Crippen molar-refractivity contribution in [3.8, 4) is 0 Å². The zero-order chi connectivity index (χ0) is 33.9. The van der Waals surface area contributed by atoms with Crippen molar-refractivity contribution in [3.63, 3.8) is 0 Å². The van der Waals surface area contributed by atoms with Crippen LogP contribution in [-0.4, -0.2) is 6.71 Å². The van der Waals surface area contributed by atoms with E-state index in [0.717, 1.165) is 17.1 Å². The Kier molecular flexibility index (Phi) is 5.58. The predicted molar refractivity (Wildman–Crippen MR) is 221 cm³/mol. The molecule has 9 aromatic rings. The molecule has 0 aliphatic carbocycles. The number of nitrogens with zero attached hydrogens (tertiary/aromatic N) is 3. The van der Waals surface area contributed by atoms with Crippen LogP contribution in [0.25, 0.3) is 32.3 Å². The maximum Gasteiger partial charge on any atom is 0.257 e. The van der Waals surface area contributed by atoms with E-state index in [0.29, 0.717) is 0 Å². The van der Waals surface area contributed by atoms with E-state index in [9.17, 15) is 0 Å². The molecule has 0 saturated heterocycles. The normalized spacial score (nSPS) is 13.6. The molecule has 3 aliphatic rings. The highest BCUT2D eigenvalue weighted by Crippen LogP contribution is 2.53. The first-order chi connectivity index (χ1) is 25.9. The van der Waals surface area contributed by atoms with Crippen molar-refractivity contribution in [3.05, 3.63) is 182 Å². The molecule has 0 fully saturated rings. The molecule has 0 bridgehead atoms. The molecule has 0 aromatic heterocycles. The van der Waals surface area contributed by atoms with E-state index < -0.39 is 0 Å². The molecular formula is C48H30BN3. The first kappa shape index (κ1) is 28.0. The van der Waals surface area contributed by atoms with Crippen LogP contribution in [0.1, 0.15) is 0 Å². The highest BCUT2D eigenvalue weighted by atomic mass is 15.2. The van der Waals surface area contributed by atoms with E-state index in [-0.39, 0.29) is 6.71 Å². The zero-order valence-corrected chi connectivity index (χ0v) is 28.2. The third-order valence-corrected chi connectivity index (χ3v) is 11.5. The van der Waals surface area contributed by atoms with Gasteiger partial charge in [-0.25, -0.2) is 0 Å². The van der Waals surface area contributed by atoms with Crippen LogP contribution in [0.5, 0.6) is 0 Å². The molecule has 3 heterocycles. The second-order valence-corrected chi connectivity index (χ2v) is 14.0. The lowest BCUT2D eigenvalue weighted by molar-refractivity contribution is 1.23. The van der Waals surface area contributed by atoms with E-state index >= 15 is 0 Å². The summed E-state index contributed by atoms with van der Waals surface area (Å²) in [5, 5.41) is 7.68. The minimum Gasteiger partial charge on any atom is -0.311 e. The molecular weight excluding hydrogens is 629 g/mol. The zero-order valence-electron chi connectivity index (χ0n) is 28.2. The van der Waals surface area contributed by atoms with Gasteiger partial charge in [-0.1, -0.05) is 115 Å². The molecule has 12 rings (SSSR count). The largest absolute Gasteiger partial charge is 0.311 e. The summed E-state index contributed by atoms with van der Waals surface area (Å²) in [5.41, 5.74) is 14.9. The van der Waals surface area contributed by atoms with Crippen molar-refractivity contribution >= 4 is 107 Å². The first-order valence-corrected chi connectivity index (χ1v) is 18.1. The van der Waals surface area contributed by atoms with Crippen LogP contribution in [0.3, 0.4) is 0 Å². The molecule has 0 N–H and O–H groups in total. The Morgan fingerprint density at radius 1 is 0.288 bits per heavy atom. The van der Waals surface area contributed by atoms with Crippen molar-refractivity contribution in [1.82, 2.24) is 0 Å². The van der Waals surface area contributed by atoms with E-state index in [1.54, 1.807) is 0 Å². The average Bonchev–Trinajstić information content (AvgIpc) is 3.22. The van der Waals surface area contributed by atoms with Gasteiger partial charge in [0.1, 0.15) is 0 Å². The summed E-state index contributed by atoms with van der Waals surface area (Å²) in [4.78, 5) is 7.59. The van der Waals surface area contributed by atoms with Crippen molar-refractivity contribution in [2.45, 2.75) is 0 Å². The fraction of sp³-hybridized carbons (Fsp3) is 0. The van der Waals surface area contributed by atoms with Gasteiger partial charge in [0.25, 0.3) is 6.71 Å². The van der Waals surface area contributed by atoms with Crippen molar-refractivity contribution in [1.29, 1.82) is 0 Å². The third-order valence-electron chi connectivity index (χ3n) is 11.5. The maximum atomic E-state index is 2.57. The summed E-state index contributed by atoms with van der Waals surface area (Å²) >= 11 is 0. The highest BCUT2D eigenvalue weighted by molar-refractivity contribution is 7.03. The summed E-state index contributed by atoms with van der Waals surface area (Å²) < 4.78 is 0. The number of hydrogen-bond donors (Lipinski definition) is 0. The van der Waals surface area contributed by atoms with Crippen LogP contribution in [-0.2, 0) is 0 Å². The molecule has 0 radical (unpaired) electrons. The Hall–Kier alpha value is -6.78. The van der Waals surface area contributed by atoms with Crippen LogP contribution in [0.4, 0.5) is 51.2 Å². The molecule has 9 aromatic carbocycles. The molecule has 3 nitrogen and oxygen atoms in total. The number of anilines is 9. The van der Waals surface area contributed by atoms with Gasteiger partial charge in [0.2, 0.25) is 0 Å². The number of rotatable bonds is 3. The second kappa shape index (κ2) is 10.4. The molecule has 3 aliphatic heterocycles. The van der Waals surface area contributed by atoms with Crippen LogP contribution in [0.2, 0.25) is 0 Å². The monoisotopic (exact) mass is 659 g/mol. The van der Waals surface area contributed by atoms with Gasteiger partial charge in [-0.15, -0.1) is 0 Å². The first-order valence-electron chi connectivity index (χ1n) is 18.1. The Labute approximate surface area is 302 Å². The van der Waals surface area contributed by atoms with Gasteiger partial charge < -0.3 is 14.7 Å². The van der Waals surface area contributed by atoms with Gasteiger partial charge in [0.15, 0.2) is 0 Å². The van der Waals surface area contributed by atoms with Crippen LogP contribution >= 0.6 is 0 Å². The van der Waals surface area contributed by atoms with Crippen LogP contribution < -0.4 is 31.1 Å². The topological polar surface area (TPSA) is 9.72 Å². The van der Waals surface area contributed by atoms with Gasteiger partial charge in [-0.05, 0) is 110 Å². The summed E-state index contributed by atoms with van der Waals surface area (Å²) in [5.74, 6) is 0. The molecule has 52 heavy (non-hydrogen) atoms. The summed E-state index contributed by atoms with van der Waals surface area (Å²) in [6.45, 7) is 0.0388. The Morgan fingerprint density at radius 3 is 1.19 bits per heavy atom. The van der Waals surface area contributed by atoms with Crippen molar-refractivity contribution in [2.75, 3.05) is 14.7 Å². The van der Waals surface area contributed by atoms with Gasteiger partial charge >= 0.3 is 0 Å². The predicted octanol–water partition coefficient (Wildman–Crippen LogP) is 11.0. The minimum absolute atomic E-state index is 0.0388. The van der Waals surface area contributed by atoms with Gasteiger partial charge in [0.05, 0.1) is 5.69 Å². The Morgan fingerprint density at radius 2 is 0.673 bits per heavy atom. The van der Waals surface area contributed by atoms with Crippen molar-refractivity contribution in [2.24, 2.45) is 0 Å². The third kappa shape index (κ3) is 3.56. The van der Waals surface area contributed by atoms with Gasteiger partial charge in [-0.3, -0.25) is 0 Å². The standard InChI is InChI=1S/C48H30BN3/c1-4-16-31(17-5-1)50-39-26-14-28-41-45(39)49-46-40(50)27-15-29-42(46)52(33-20-8-3-9-21-33)48-44-37-25-13-12-23-35(37)34-22-10-11-24-36(34)38(44)30-43(47(48)49)51(41)32-18-6-2-7-19-32/h1-30H. The van der Waals surface area contributed by atoms with Gasteiger partial charge in [-0.2, -0.15) is 0 Å². The molecule has 0 amide bonds. The SMILES string of the molecule is c1ccc(N2c3cccc4c3B3c5c2cccc5N(c2ccccc2)c2c3c(cc3c5ccccc5c5ccccc5c23)N4c2ccccc2)cc1. The fourth-order valence-corrected chi connectivity index (χ4v) is 9.57. The fourth-order valence-electron chi connectivity index (χ4n) is 9.57. The molecule has 240 valence electrons. The Balaban J connectivity index is 1.34. The molecule has 0 spiro atoms. The number of para-hydroxylation sites is 3. The van der Waals surface area contributed by atoms with E-state index in [2.05, 4.69) is 197 Å². The minimum atomic E-state index is 0.0388. The number of fused-ring (bicyclic) bond motifs is 7. The smallest absolute Gasteiger partial charge is 0.257 e. The highest BCUT2D eigenvalue weighted by Gasteiger charge is 2.50. The molecule has 0 saturated carbocycles. The van der Waals surface area contributed by atoms with Crippen LogP contribution in [0, 0.1) is 0 Å².